The number of ether oxygens (including phenoxy) is 1. The molecular weight excluding hydrogens is 257 g/mol. The molecule has 0 bridgehead atoms. The van der Waals surface area contributed by atoms with Gasteiger partial charge in [-0.05, 0) is 24.1 Å². The van der Waals surface area contributed by atoms with Crippen LogP contribution >= 0.6 is 0 Å². The van der Waals surface area contributed by atoms with Crippen molar-refractivity contribution in [2.24, 2.45) is 0 Å². The Hall–Kier alpha value is -1.61. The summed E-state index contributed by atoms with van der Waals surface area (Å²) >= 11 is 0. The molecule has 98 valence electrons. The van der Waals surface area contributed by atoms with Gasteiger partial charge < -0.3 is 4.74 Å². The number of hydrogen-bond donors (Lipinski definition) is 0. The van der Waals surface area contributed by atoms with Crippen LogP contribution in [0, 0.1) is 17.1 Å². The number of methoxy groups -OCH3 is 1. The average molecular weight is 271 g/mol. The van der Waals surface area contributed by atoms with Crippen LogP contribution in [0.4, 0.5) is 4.39 Å². The molecule has 0 radical (unpaired) electrons. The van der Waals surface area contributed by atoms with Crippen molar-refractivity contribution in [1.82, 2.24) is 0 Å². The second kappa shape index (κ2) is 6.36. The molecule has 1 rings (SSSR count). The van der Waals surface area contributed by atoms with Gasteiger partial charge in [-0.25, -0.2) is 12.8 Å². The van der Waals surface area contributed by atoms with Gasteiger partial charge in [0.1, 0.15) is 0 Å². The first kappa shape index (κ1) is 14.5. The number of nitriles is 1. The largest absolute Gasteiger partial charge is 0.494 e. The van der Waals surface area contributed by atoms with Crippen molar-refractivity contribution in [2.75, 3.05) is 12.9 Å². The van der Waals surface area contributed by atoms with Crippen molar-refractivity contribution >= 4 is 9.84 Å². The van der Waals surface area contributed by atoms with E-state index in [1.165, 1.54) is 19.2 Å². The molecule has 0 unspecified atom stereocenters. The van der Waals surface area contributed by atoms with Crippen LogP contribution in [0.5, 0.6) is 5.75 Å². The minimum Gasteiger partial charge on any atom is -0.494 e. The van der Waals surface area contributed by atoms with Crippen LogP contribution in [0.15, 0.2) is 18.2 Å². The van der Waals surface area contributed by atoms with Crippen LogP contribution in [0.2, 0.25) is 0 Å². The Morgan fingerprint density at radius 1 is 1.44 bits per heavy atom. The predicted molar refractivity (Wildman–Crippen MR) is 65.3 cm³/mol. The zero-order chi connectivity index (χ0) is 13.6. The lowest BCUT2D eigenvalue weighted by Crippen LogP contribution is -2.09. The Kier molecular flexibility index (Phi) is 5.10. The maximum absolute atomic E-state index is 13.4. The number of unbranched alkanes of at least 4 members (excludes halogenated alkanes) is 1. The summed E-state index contributed by atoms with van der Waals surface area (Å²) in [7, 11) is -1.96. The summed E-state index contributed by atoms with van der Waals surface area (Å²) in [4.78, 5) is 0. The van der Waals surface area contributed by atoms with E-state index in [0.29, 0.717) is 12.0 Å². The van der Waals surface area contributed by atoms with Crippen molar-refractivity contribution in [1.29, 1.82) is 5.26 Å². The molecular formula is C12H14FNO3S. The Morgan fingerprint density at radius 3 is 2.72 bits per heavy atom. The first-order valence-corrected chi connectivity index (χ1v) is 7.20. The fraction of sp³-hybridized carbons (Fsp3) is 0.417. The van der Waals surface area contributed by atoms with E-state index in [1.807, 2.05) is 6.07 Å². The highest BCUT2D eigenvalue weighted by Gasteiger charge is 2.13. The molecule has 0 saturated carbocycles. The lowest BCUT2D eigenvalue weighted by molar-refractivity contribution is 0.386. The predicted octanol–water partition coefficient (Wildman–Crippen LogP) is 2.05. The quantitative estimate of drug-likeness (QED) is 0.743. The topological polar surface area (TPSA) is 67.2 Å². The fourth-order valence-corrected chi connectivity index (χ4v) is 2.91. The van der Waals surface area contributed by atoms with Gasteiger partial charge >= 0.3 is 0 Å². The van der Waals surface area contributed by atoms with Crippen molar-refractivity contribution in [3.63, 3.8) is 0 Å². The van der Waals surface area contributed by atoms with E-state index in [1.54, 1.807) is 0 Å². The maximum atomic E-state index is 13.4. The van der Waals surface area contributed by atoms with Crippen LogP contribution in [0.1, 0.15) is 18.4 Å². The summed E-state index contributed by atoms with van der Waals surface area (Å²) in [5.41, 5.74) is 0.380. The van der Waals surface area contributed by atoms with E-state index in [-0.39, 0.29) is 23.7 Å². The molecule has 0 saturated heterocycles. The van der Waals surface area contributed by atoms with E-state index >= 15 is 0 Å². The summed E-state index contributed by atoms with van der Waals surface area (Å²) in [6.45, 7) is 0. The van der Waals surface area contributed by atoms with Gasteiger partial charge in [-0.15, -0.1) is 0 Å². The van der Waals surface area contributed by atoms with Crippen LogP contribution in [0.3, 0.4) is 0 Å². The van der Waals surface area contributed by atoms with E-state index in [2.05, 4.69) is 0 Å². The third-order valence-electron chi connectivity index (χ3n) is 2.35. The van der Waals surface area contributed by atoms with Gasteiger partial charge in [0.2, 0.25) is 0 Å². The molecule has 1 aromatic carbocycles. The SMILES string of the molecule is COc1ccc(CS(=O)(=O)CCCC#N)cc1F. The van der Waals surface area contributed by atoms with Crippen LogP contribution in [0.25, 0.3) is 0 Å². The molecule has 0 aromatic heterocycles. The standard InChI is InChI=1S/C12H14FNO3S/c1-17-12-5-4-10(8-11(12)13)9-18(15,16)7-3-2-6-14/h4-5,8H,2-3,7,9H2,1H3. The van der Waals surface area contributed by atoms with E-state index < -0.39 is 15.7 Å². The van der Waals surface area contributed by atoms with Gasteiger partial charge in [0.15, 0.2) is 21.4 Å². The first-order chi connectivity index (χ1) is 8.48. The fourth-order valence-electron chi connectivity index (χ4n) is 1.50. The highest BCUT2D eigenvalue weighted by molar-refractivity contribution is 7.90. The molecule has 0 amide bonds. The van der Waals surface area contributed by atoms with Gasteiger partial charge in [0.25, 0.3) is 0 Å². The molecule has 0 heterocycles. The van der Waals surface area contributed by atoms with Gasteiger partial charge in [-0.3, -0.25) is 0 Å². The third kappa shape index (κ3) is 4.34. The van der Waals surface area contributed by atoms with Crippen LogP contribution < -0.4 is 4.74 Å². The smallest absolute Gasteiger partial charge is 0.165 e. The monoisotopic (exact) mass is 271 g/mol. The highest BCUT2D eigenvalue weighted by atomic mass is 32.2. The second-order valence-electron chi connectivity index (χ2n) is 3.82. The molecule has 0 aliphatic carbocycles. The summed E-state index contributed by atoms with van der Waals surface area (Å²) in [5.74, 6) is -0.782. The lowest BCUT2D eigenvalue weighted by atomic mass is 10.2. The minimum absolute atomic E-state index is 0.0613. The second-order valence-corrected chi connectivity index (χ2v) is 6.01. The number of benzene rings is 1. The van der Waals surface area contributed by atoms with Gasteiger partial charge in [0.05, 0.1) is 24.7 Å². The molecule has 0 fully saturated rings. The first-order valence-electron chi connectivity index (χ1n) is 5.38. The zero-order valence-electron chi connectivity index (χ0n) is 10.0. The molecule has 0 atom stereocenters. The maximum Gasteiger partial charge on any atom is 0.165 e. The van der Waals surface area contributed by atoms with Crippen molar-refractivity contribution in [3.8, 4) is 11.8 Å². The van der Waals surface area contributed by atoms with Gasteiger partial charge in [-0.2, -0.15) is 5.26 Å². The molecule has 0 N–H and O–H groups in total. The summed E-state index contributed by atoms with van der Waals surface area (Å²) < 4.78 is 41.5. The molecule has 6 heteroatoms. The van der Waals surface area contributed by atoms with Crippen LogP contribution in [-0.2, 0) is 15.6 Å². The number of nitrogens with zero attached hydrogens (tertiary/aromatic N) is 1. The molecule has 0 spiro atoms. The summed E-state index contributed by atoms with van der Waals surface area (Å²) in [5, 5.41) is 8.34. The number of hydrogen-bond acceptors (Lipinski definition) is 4. The highest BCUT2D eigenvalue weighted by Crippen LogP contribution is 2.19. The Balaban J connectivity index is 2.73. The Morgan fingerprint density at radius 2 is 2.17 bits per heavy atom. The number of rotatable bonds is 6. The van der Waals surface area contributed by atoms with E-state index in [9.17, 15) is 12.8 Å². The molecule has 18 heavy (non-hydrogen) atoms. The zero-order valence-corrected chi connectivity index (χ0v) is 10.8. The molecule has 0 aliphatic rings. The Bertz CT molecular complexity index is 549. The lowest BCUT2D eigenvalue weighted by Gasteiger charge is -2.06. The molecule has 0 aliphatic heterocycles. The van der Waals surface area contributed by atoms with Crippen LogP contribution in [-0.4, -0.2) is 21.3 Å². The van der Waals surface area contributed by atoms with Gasteiger partial charge in [0, 0.05) is 6.42 Å². The summed E-state index contributed by atoms with van der Waals surface area (Å²) in [6, 6.07) is 5.96. The Labute approximate surface area is 106 Å². The summed E-state index contributed by atoms with van der Waals surface area (Å²) in [6.07, 6.45) is 0.508. The van der Waals surface area contributed by atoms with Crippen molar-refractivity contribution in [2.45, 2.75) is 18.6 Å². The van der Waals surface area contributed by atoms with Crippen molar-refractivity contribution < 1.29 is 17.5 Å². The van der Waals surface area contributed by atoms with E-state index in [4.69, 9.17) is 10.00 Å². The van der Waals surface area contributed by atoms with Crippen molar-refractivity contribution in [3.05, 3.63) is 29.6 Å². The normalized spacial score (nSPS) is 10.9. The molecule has 1 aromatic rings. The average Bonchev–Trinajstić information content (AvgIpc) is 2.29. The number of sulfone groups is 1. The third-order valence-corrected chi connectivity index (χ3v) is 4.03. The molecule has 4 nitrogen and oxygen atoms in total. The minimum atomic E-state index is -3.30. The van der Waals surface area contributed by atoms with E-state index in [0.717, 1.165) is 6.07 Å². The van der Waals surface area contributed by atoms with Gasteiger partial charge in [-0.1, -0.05) is 6.07 Å². The number of halogens is 1.